The Morgan fingerprint density at radius 2 is 1.92 bits per heavy atom. The van der Waals surface area contributed by atoms with Crippen LogP contribution in [-0.4, -0.2) is 38.6 Å². The maximum absolute atomic E-state index is 10.9. The molecule has 3 amide bonds. The molecule has 61 valence electrons. The summed E-state index contributed by atoms with van der Waals surface area (Å²) in [5, 5.41) is 0. The van der Waals surface area contributed by atoms with E-state index in [2.05, 4.69) is 0 Å². The van der Waals surface area contributed by atoms with Gasteiger partial charge in [0.1, 0.15) is 9.39 Å². The molecule has 1 aliphatic rings. The van der Waals surface area contributed by atoms with Crippen LogP contribution in [0.4, 0.5) is 4.79 Å². The van der Waals surface area contributed by atoms with Gasteiger partial charge < -0.3 is 10.5 Å². The van der Waals surface area contributed by atoms with Crippen LogP contribution in [0.2, 0.25) is 0 Å². The van der Waals surface area contributed by atoms with Gasteiger partial charge in [-0.1, -0.05) is 0 Å². The van der Waals surface area contributed by atoms with Crippen LogP contribution in [-0.2, 0) is 9.59 Å². The van der Waals surface area contributed by atoms with E-state index in [1.54, 1.807) is 0 Å². The average molecular weight is 181 g/mol. The molecular weight excluding hydrogens is 175 g/mol. The molecule has 2 N–H and O–H groups in total. The molecule has 1 rings (SSSR count). The number of hydrogen-bond acceptors (Lipinski definition) is 3. The second kappa shape index (κ2) is 3.35. The van der Waals surface area contributed by atoms with Crippen LogP contribution in [0, 0.1) is 0 Å². The van der Waals surface area contributed by atoms with Gasteiger partial charge in [-0.05, 0) is 0 Å². The highest BCUT2D eigenvalue weighted by molar-refractivity contribution is 7.15. The fourth-order valence-corrected chi connectivity index (χ4v) is 1.50. The number of primary amides is 1. The monoisotopic (exact) mass is 181 g/mol. The van der Waals surface area contributed by atoms with Crippen molar-refractivity contribution >= 4 is 33.7 Å². The molecule has 0 aliphatic carbocycles. The van der Waals surface area contributed by atoms with E-state index in [9.17, 15) is 14.4 Å². The Morgan fingerprint density at radius 1 is 1.42 bits per heavy atom. The Bertz CT molecular complexity index is 260. The number of nitrogens with two attached hydrogens (primary N) is 1. The van der Waals surface area contributed by atoms with E-state index in [-0.39, 0.29) is 0 Å². The van der Waals surface area contributed by atoms with Gasteiger partial charge in [-0.2, -0.15) is 0 Å². The first-order valence-corrected chi connectivity index (χ1v) is 4.80. The molecule has 0 atom stereocenters. The maximum atomic E-state index is 10.9. The van der Waals surface area contributed by atoms with Crippen LogP contribution < -0.4 is 5.73 Å². The summed E-state index contributed by atoms with van der Waals surface area (Å²) in [5.41, 5.74) is 4.44. The summed E-state index contributed by atoms with van der Waals surface area (Å²) >= 11 is 0. The maximum Gasteiger partial charge on any atom is 0.252 e. The molecule has 1 radical (unpaired) electrons. The number of hydrogen-bond donors (Lipinski definition) is 1. The molecule has 1 heterocycles. The molecule has 0 unspecified atom stereocenters. The van der Waals surface area contributed by atoms with Crippen LogP contribution in [0.15, 0.2) is 12.2 Å². The molecule has 5 nitrogen and oxygen atoms in total. The van der Waals surface area contributed by atoms with Gasteiger partial charge in [-0.25, -0.2) is 0 Å². The van der Waals surface area contributed by atoms with Crippen molar-refractivity contribution in [3.05, 3.63) is 12.2 Å². The van der Waals surface area contributed by atoms with Crippen molar-refractivity contribution in [2.75, 3.05) is 0 Å². The third-order valence-electron chi connectivity index (χ3n) is 1.32. The van der Waals surface area contributed by atoms with Crippen LogP contribution in [0.3, 0.4) is 0 Å². The highest BCUT2D eigenvalue weighted by atomic mass is 28.2. The summed E-state index contributed by atoms with van der Waals surface area (Å²) in [6.07, 6.45) is 2.32. The number of imide groups is 1. The minimum Gasteiger partial charge on any atom is -0.375 e. The average Bonchev–Trinajstić information content (AvgIpc) is 2.28. The highest BCUT2D eigenvalue weighted by Crippen LogP contribution is 1.99. The van der Waals surface area contributed by atoms with E-state index in [4.69, 9.17) is 5.73 Å². The molecule has 0 spiro atoms. The third kappa shape index (κ3) is 1.82. The molecule has 0 aromatic carbocycles. The van der Waals surface area contributed by atoms with Crippen molar-refractivity contribution in [3.8, 4) is 0 Å². The van der Waals surface area contributed by atoms with Crippen molar-refractivity contribution in [2.45, 2.75) is 0 Å². The summed E-state index contributed by atoms with van der Waals surface area (Å²) < 4.78 is 0. The smallest absolute Gasteiger partial charge is 0.252 e. The highest BCUT2D eigenvalue weighted by Gasteiger charge is 2.23. The minimum atomic E-state index is -1.29. The second-order valence-corrected chi connectivity index (χ2v) is 3.70. The van der Waals surface area contributed by atoms with Gasteiger partial charge in [0.25, 0.3) is 7.01 Å². The van der Waals surface area contributed by atoms with E-state index in [0.717, 1.165) is 17.0 Å². The zero-order valence-corrected chi connectivity index (χ0v) is 7.60. The topological polar surface area (TPSA) is 80.5 Å². The predicted molar refractivity (Wildman–Crippen MR) is 44.9 cm³/mol. The first-order chi connectivity index (χ1) is 5.61. The van der Waals surface area contributed by atoms with Gasteiger partial charge >= 0.3 is 0 Å². The zero-order valence-electron chi connectivity index (χ0n) is 6.19. The lowest BCUT2D eigenvalue weighted by Gasteiger charge is -2.09. The van der Waals surface area contributed by atoms with Crippen molar-refractivity contribution in [1.82, 2.24) is 4.81 Å². The fourth-order valence-electron chi connectivity index (χ4n) is 0.773. The van der Waals surface area contributed by atoms with E-state index >= 15 is 0 Å². The minimum absolute atomic E-state index is 0.409. The van der Waals surface area contributed by atoms with Crippen LogP contribution in [0.1, 0.15) is 0 Å². The summed E-state index contributed by atoms with van der Waals surface area (Å²) in [5.74, 6) is -0.817. The van der Waals surface area contributed by atoms with E-state index < -0.39 is 26.7 Å². The van der Waals surface area contributed by atoms with Crippen molar-refractivity contribution in [1.29, 1.82) is 0 Å². The lowest BCUT2D eigenvalue weighted by molar-refractivity contribution is -0.131. The van der Waals surface area contributed by atoms with Crippen LogP contribution in [0.25, 0.3) is 0 Å². The van der Waals surface area contributed by atoms with E-state index in [1.807, 2.05) is 0 Å². The summed E-state index contributed by atoms with van der Waals surface area (Å²) in [7, 11) is 0.0237. The van der Waals surface area contributed by atoms with Crippen molar-refractivity contribution in [3.63, 3.8) is 0 Å². The number of rotatable bonds is 3. The molecule has 12 heavy (non-hydrogen) atoms. The van der Waals surface area contributed by atoms with E-state index in [1.165, 1.54) is 7.01 Å². The second-order valence-electron chi connectivity index (χ2n) is 2.23. The van der Waals surface area contributed by atoms with Crippen molar-refractivity contribution in [2.24, 2.45) is 5.73 Å². The van der Waals surface area contributed by atoms with Gasteiger partial charge in [0.2, 0.25) is 11.8 Å². The lowest BCUT2D eigenvalue weighted by atomic mass is 10.3. The van der Waals surface area contributed by atoms with Gasteiger partial charge in [0.15, 0.2) is 5.53 Å². The molecule has 0 saturated carbocycles. The van der Waals surface area contributed by atoms with E-state index in [0.29, 0.717) is 0 Å². The van der Waals surface area contributed by atoms with Gasteiger partial charge in [0, 0.05) is 12.2 Å². The zero-order chi connectivity index (χ0) is 9.14. The fraction of sp³-hybridized carbons (Fsp3) is 0. The third-order valence-corrected chi connectivity index (χ3v) is 2.27. The number of nitrogens with zero attached hydrogens (tertiary/aromatic N) is 1. The quantitative estimate of drug-likeness (QED) is 0.392. The molecule has 0 saturated heterocycles. The molecule has 1 aliphatic heterocycles. The number of amides is 3. The number of carbonyl (C=O) groups excluding carboxylic acids is 3. The Kier molecular flexibility index (Phi) is 2.44. The molecule has 0 aromatic rings. The lowest BCUT2D eigenvalue weighted by Crippen LogP contribution is -2.40. The van der Waals surface area contributed by atoms with Gasteiger partial charge in [-0.15, -0.1) is 0 Å². The Morgan fingerprint density at radius 3 is 2.33 bits per heavy atom. The SMILES string of the molecule is NC(=O)[SiH2][B]N1C(=O)C=CC1=O. The summed E-state index contributed by atoms with van der Waals surface area (Å²) in [4.78, 5) is 33.0. The first kappa shape index (κ1) is 8.73. The van der Waals surface area contributed by atoms with Crippen LogP contribution in [0.5, 0.6) is 0 Å². The summed E-state index contributed by atoms with van der Waals surface area (Å²) in [6, 6.07) is 0. The molecule has 0 fully saturated rings. The standard InChI is InChI=1S/C5H6BN2O3Si/c7-5(11)12-6-8-3(9)1-2-4(8)10/h1-2H,12H2,(H2,7,11). The Hall–Kier alpha value is -1.37. The van der Waals surface area contributed by atoms with Crippen molar-refractivity contribution < 1.29 is 14.4 Å². The molecular formula is C5H6BN2O3Si. The van der Waals surface area contributed by atoms with Gasteiger partial charge in [-0.3, -0.25) is 14.4 Å². The normalized spacial score (nSPS) is 16.5. The van der Waals surface area contributed by atoms with Gasteiger partial charge in [0.05, 0.1) is 0 Å². The molecule has 7 heteroatoms. The summed E-state index contributed by atoms with van der Waals surface area (Å²) in [6.45, 7) is 0. The van der Waals surface area contributed by atoms with Crippen LogP contribution >= 0.6 is 0 Å². The Labute approximate surface area is 71.6 Å². The number of carbonyl (C=O) groups is 3. The Balaban J connectivity index is 2.48. The predicted octanol–water partition coefficient (Wildman–Crippen LogP) is -2.31. The first-order valence-electron chi connectivity index (χ1n) is 3.28. The molecule has 0 bridgehead atoms. The molecule has 0 aromatic heterocycles. The largest absolute Gasteiger partial charge is 0.375 e.